The first kappa shape index (κ1) is 16.1. The minimum absolute atomic E-state index is 0. The van der Waals surface area contributed by atoms with Gasteiger partial charge in [-0.3, -0.25) is 0 Å². The Balaban J connectivity index is 0.000000316. The summed E-state index contributed by atoms with van der Waals surface area (Å²) in [5.74, 6) is 0. The third kappa shape index (κ3) is 5.85. The van der Waals surface area contributed by atoms with Crippen molar-refractivity contribution in [1.29, 1.82) is 0 Å². The fraction of sp³-hybridized carbons (Fsp3) is 0.286. The molecule has 0 amide bonds. The summed E-state index contributed by atoms with van der Waals surface area (Å²) in [5, 5.41) is 9.22. The Hall–Kier alpha value is -0.861. The first-order valence-electron chi connectivity index (χ1n) is 5.43. The predicted molar refractivity (Wildman–Crippen MR) is 67.6 cm³/mol. The molecule has 0 radical (unpaired) electrons. The standard InChI is InChI=1S/C8H12NO.C6H7.Fe/c1-6-2-3-7(4-6)8(10)5-9;1-6-4-2-3-5-6;/h2-4,8,10H,5,9H2,1H3;2-5H,1H3;/q2*-1;+2. The van der Waals surface area contributed by atoms with Gasteiger partial charge < -0.3 is 10.8 Å². The molecule has 0 aliphatic rings. The average molecular weight is 273 g/mol. The van der Waals surface area contributed by atoms with E-state index in [2.05, 4.69) is 19.1 Å². The van der Waals surface area contributed by atoms with E-state index < -0.39 is 6.10 Å². The predicted octanol–water partition coefficient (Wildman–Crippen LogP) is 2.42. The number of aryl methyl sites for hydroxylation is 2. The summed E-state index contributed by atoms with van der Waals surface area (Å²) in [4.78, 5) is 0. The molecule has 1 atom stereocenters. The van der Waals surface area contributed by atoms with Gasteiger partial charge in [-0.25, -0.2) is 18.2 Å². The van der Waals surface area contributed by atoms with Crippen LogP contribution in [0, 0.1) is 13.8 Å². The Morgan fingerprint density at radius 3 is 2.06 bits per heavy atom. The van der Waals surface area contributed by atoms with Crippen molar-refractivity contribution in [2.24, 2.45) is 5.73 Å². The molecule has 0 aliphatic carbocycles. The summed E-state index contributed by atoms with van der Waals surface area (Å²) in [5.41, 5.74) is 8.69. The van der Waals surface area contributed by atoms with Gasteiger partial charge in [0.1, 0.15) is 0 Å². The molecule has 2 aromatic rings. The van der Waals surface area contributed by atoms with Crippen molar-refractivity contribution in [1.82, 2.24) is 0 Å². The van der Waals surface area contributed by atoms with Gasteiger partial charge in [-0.05, 0) is 0 Å². The first-order chi connectivity index (χ1) is 7.63. The minimum Gasteiger partial charge on any atom is -0.400 e. The summed E-state index contributed by atoms with van der Waals surface area (Å²) in [6.45, 7) is 4.37. The number of nitrogens with two attached hydrogens (primary N) is 1. The van der Waals surface area contributed by atoms with Crippen molar-refractivity contribution >= 4 is 0 Å². The van der Waals surface area contributed by atoms with Crippen LogP contribution >= 0.6 is 0 Å². The summed E-state index contributed by atoms with van der Waals surface area (Å²) < 4.78 is 0. The number of aliphatic hydroxyl groups is 1. The second-order valence-electron chi connectivity index (χ2n) is 3.94. The van der Waals surface area contributed by atoms with Gasteiger partial charge in [0, 0.05) is 12.6 Å². The van der Waals surface area contributed by atoms with Gasteiger partial charge in [0.05, 0.1) is 0 Å². The van der Waals surface area contributed by atoms with Crippen molar-refractivity contribution in [3.8, 4) is 0 Å². The summed E-state index contributed by atoms with van der Waals surface area (Å²) in [6.07, 6.45) is -0.492. The van der Waals surface area contributed by atoms with E-state index in [4.69, 9.17) is 5.73 Å². The topological polar surface area (TPSA) is 46.2 Å². The molecule has 0 heterocycles. The van der Waals surface area contributed by atoms with Crippen LogP contribution in [-0.4, -0.2) is 11.7 Å². The van der Waals surface area contributed by atoms with E-state index in [0.717, 1.165) is 5.56 Å². The van der Waals surface area contributed by atoms with Crippen LogP contribution in [0.1, 0.15) is 22.8 Å². The molecular formula is C14H19FeNO. The van der Waals surface area contributed by atoms with Crippen LogP contribution in [0.25, 0.3) is 0 Å². The smallest absolute Gasteiger partial charge is 0.400 e. The fourth-order valence-electron chi connectivity index (χ4n) is 1.40. The maximum atomic E-state index is 9.22. The third-order valence-corrected chi connectivity index (χ3v) is 2.37. The molecular weight excluding hydrogens is 254 g/mol. The van der Waals surface area contributed by atoms with E-state index in [9.17, 15) is 5.11 Å². The molecule has 0 saturated carbocycles. The Kier molecular flexibility index (Phi) is 7.84. The molecule has 2 nitrogen and oxygen atoms in total. The SMILES string of the molecule is C[c-]1ccc(C(O)CN)c1.C[c-]1cccc1.[Fe+2]. The molecule has 17 heavy (non-hydrogen) atoms. The van der Waals surface area contributed by atoms with Crippen LogP contribution in [0.3, 0.4) is 0 Å². The minimum atomic E-state index is -0.492. The molecule has 0 saturated heterocycles. The van der Waals surface area contributed by atoms with Gasteiger partial charge in [0.15, 0.2) is 0 Å². The van der Waals surface area contributed by atoms with E-state index in [0.29, 0.717) is 6.54 Å². The average Bonchev–Trinajstić information content (AvgIpc) is 2.89. The third-order valence-electron chi connectivity index (χ3n) is 2.37. The number of hydrogen-bond acceptors (Lipinski definition) is 2. The van der Waals surface area contributed by atoms with E-state index in [1.54, 1.807) is 0 Å². The molecule has 0 aliphatic heterocycles. The molecule has 0 fully saturated rings. The largest absolute Gasteiger partial charge is 2.00 e. The van der Waals surface area contributed by atoms with E-state index in [1.807, 2.05) is 37.3 Å². The molecule has 0 aromatic heterocycles. The van der Waals surface area contributed by atoms with Crippen LogP contribution in [0.15, 0.2) is 42.5 Å². The van der Waals surface area contributed by atoms with Crippen LogP contribution in [-0.2, 0) is 17.1 Å². The zero-order valence-electron chi connectivity index (χ0n) is 10.2. The zero-order valence-corrected chi connectivity index (χ0v) is 11.3. The number of aliphatic hydroxyl groups excluding tert-OH is 1. The molecule has 0 bridgehead atoms. The second-order valence-corrected chi connectivity index (χ2v) is 3.94. The van der Waals surface area contributed by atoms with E-state index >= 15 is 0 Å². The van der Waals surface area contributed by atoms with Crippen molar-refractivity contribution in [3.63, 3.8) is 0 Å². The van der Waals surface area contributed by atoms with Crippen LogP contribution in [0.5, 0.6) is 0 Å². The normalized spacial score (nSPS) is 11.1. The van der Waals surface area contributed by atoms with Gasteiger partial charge in [-0.1, -0.05) is 13.8 Å². The van der Waals surface area contributed by atoms with Crippen LogP contribution in [0.2, 0.25) is 0 Å². The Labute approximate surface area is 114 Å². The van der Waals surface area contributed by atoms with Crippen LogP contribution in [0.4, 0.5) is 0 Å². The quantitative estimate of drug-likeness (QED) is 0.652. The van der Waals surface area contributed by atoms with Gasteiger partial charge in [-0.15, -0.1) is 0 Å². The monoisotopic (exact) mass is 273 g/mol. The van der Waals surface area contributed by atoms with E-state index in [1.165, 1.54) is 11.1 Å². The van der Waals surface area contributed by atoms with Gasteiger partial charge in [0.2, 0.25) is 0 Å². The van der Waals surface area contributed by atoms with Gasteiger partial charge in [-0.2, -0.15) is 41.0 Å². The summed E-state index contributed by atoms with van der Waals surface area (Å²) >= 11 is 0. The van der Waals surface area contributed by atoms with Gasteiger partial charge in [0.25, 0.3) is 0 Å². The molecule has 2 rings (SSSR count). The first-order valence-corrected chi connectivity index (χ1v) is 5.43. The van der Waals surface area contributed by atoms with Crippen LogP contribution < -0.4 is 5.73 Å². The molecule has 3 heteroatoms. The van der Waals surface area contributed by atoms with Crippen molar-refractivity contribution in [2.75, 3.05) is 6.54 Å². The van der Waals surface area contributed by atoms with Crippen molar-refractivity contribution in [2.45, 2.75) is 20.0 Å². The Morgan fingerprint density at radius 1 is 1.18 bits per heavy atom. The summed E-state index contributed by atoms with van der Waals surface area (Å²) in [7, 11) is 0. The second kappa shape index (κ2) is 8.26. The number of hydrogen-bond donors (Lipinski definition) is 2. The Morgan fingerprint density at radius 2 is 1.76 bits per heavy atom. The van der Waals surface area contributed by atoms with Crippen molar-refractivity contribution in [3.05, 3.63) is 59.2 Å². The Bertz CT molecular complexity index is 392. The van der Waals surface area contributed by atoms with E-state index in [-0.39, 0.29) is 17.1 Å². The van der Waals surface area contributed by atoms with Gasteiger partial charge >= 0.3 is 17.1 Å². The molecule has 1 unspecified atom stereocenters. The zero-order chi connectivity index (χ0) is 12.0. The fourth-order valence-corrected chi connectivity index (χ4v) is 1.40. The molecule has 2 aromatic carbocycles. The molecule has 94 valence electrons. The number of rotatable bonds is 2. The summed E-state index contributed by atoms with van der Waals surface area (Å²) in [6, 6.07) is 14.0. The molecule has 0 spiro atoms. The molecule has 3 N–H and O–H groups in total. The van der Waals surface area contributed by atoms with Crippen molar-refractivity contribution < 1.29 is 22.2 Å². The maximum absolute atomic E-state index is 9.22. The maximum Gasteiger partial charge on any atom is 2.00 e.